The molecule has 3 aromatic heterocycles. The van der Waals surface area contributed by atoms with Gasteiger partial charge in [0, 0.05) is 49.4 Å². The molecule has 4 rings (SSSR count). The molecule has 0 unspecified atom stereocenters. The number of benzene rings is 1. The highest BCUT2D eigenvalue weighted by Crippen LogP contribution is 2.26. The lowest BCUT2D eigenvalue weighted by molar-refractivity contribution is 0.186. The molecule has 3 heterocycles. The van der Waals surface area contributed by atoms with Gasteiger partial charge in [0.15, 0.2) is 0 Å². The van der Waals surface area contributed by atoms with Crippen molar-refractivity contribution >= 4 is 10.9 Å². The zero-order valence-corrected chi connectivity index (χ0v) is 14.0. The van der Waals surface area contributed by atoms with Crippen LogP contribution in [-0.2, 0) is 17.8 Å². The van der Waals surface area contributed by atoms with Gasteiger partial charge in [-0.3, -0.25) is 4.98 Å². The second-order valence-corrected chi connectivity index (χ2v) is 5.83. The Labute approximate surface area is 145 Å². The average molecular weight is 333 g/mol. The van der Waals surface area contributed by atoms with Crippen LogP contribution in [0.5, 0.6) is 0 Å². The van der Waals surface area contributed by atoms with Crippen LogP contribution in [0, 0.1) is 0 Å². The fraction of sp³-hybridized carbons (Fsp3) is 0.211. The van der Waals surface area contributed by atoms with Crippen molar-refractivity contribution in [1.29, 1.82) is 0 Å². The van der Waals surface area contributed by atoms with Crippen LogP contribution in [0.3, 0.4) is 0 Å². The molecule has 0 radical (unpaired) electrons. The summed E-state index contributed by atoms with van der Waals surface area (Å²) in [5, 5.41) is 1.10. The largest absolute Gasteiger partial charge is 0.383 e. The highest BCUT2D eigenvalue weighted by Gasteiger charge is 2.12. The van der Waals surface area contributed by atoms with Crippen LogP contribution in [-0.4, -0.2) is 37.8 Å². The van der Waals surface area contributed by atoms with Crippen LogP contribution in [0.1, 0.15) is 5.69 Å². The molecule has 0 aliphatic carbocycles. The fourth-order valence-corrected chi connectivity index (χ4v) is 3.02. The molecule has 0 amide bonds. The predicted molar refractivity (Wildman–Crippen MR) is 96.2 cm³/mol. The van der Waals surface area contributed by atoms with E-state index in [0.29, 0.717) is 13.2 Å². The van der Waals surface area contributed by atoms with Gasteiger partial charge in [0.25, 0.3) is 0 Å². The van der Waals surface area contributed by atoms with E-state index in [0.717, 1.165) is 34.5 Å². The van der Waals surface area contributed by atoms with Crippen molar-refractivity contribution in [1.82, 2.24) is 24.1 Å². The average Bonchev–Trinajstić information content (AvgIpc) is 3.29. The van der Waals surface area contributed by atoms with Crippen LogP contribution < -0.4 is 0 Å². The van der Waals surface area contributed by atoms with Crippen molar-refractivity contribution < 1.29 is 4.74 Å². The van der Waals surface area contributed by atoms with Gasteiger partial charge in [-0.1, -0.05) is 18.2 Å². The minimum atomic E-state index is 0.662. The van der Waals surface area contributed by atoms with Crippen molar-refractivity contribution in [2.45, 2.75) is 13.1 Å². The van der Waals surface area contributed by atoms with Gasteiger partial charge in [0.05, 0.1) is 30.7 Å². The monoisotopic (exact) mass is 333 g/mol. The van der Waals surface area contributed by atoms with Crippen LogP contribution in [0.2, 0.25) is 0 Å². The first-order valence-corrected chi connectivity index (χ1v) is 8.20. The Kier molecular flexibility index (Phi) is 4.26. The molecule has 0 fully saturated rings. The summed E-state index contributed by atoms with van der Waals surface area (Å²) in [4.78, 5) is 13.3. The summed E-state index contributed by atoms with van der Waals surface area (Å²) in [7, 11) is 1.71. The van der Waals surface area contributed by atoms with Crippen molar-refractivity contribution in [2.75, 3.05) is 13.7 Å². The van der Waals surface area contributed by atoms with E-state index in [9.17, 15) is 0 Å². The van der Waals surface area contributed by atoms with Crippen LogP contribution >= 0.6 is 0 Å². The van der Waals surface area contributed by atoms with Gasteiger partial charge in [-0.15, -0.1) is 0 Å². The number of methoxy groups -OCH3 is 1. The van der Waals surface area contributed by atoms with Crippen LogP contribution in [0.4, 0.5) is 0 Å². The normalized spacial score (nSPS) is 11.2. The lowest BCUT2D eigenvalue weighted by atomic mass is 10.1. The molecule has 0 saturated heterocycles. The summed E-state index contributed by atoms with van der Waals surface area (Å²) in [6.45, 7) is 2.15. The molecule has 4 aromatic rings. The third-order valence-electron chi connectivity index (χ3n) is 4.27. The molecule has 0 saturated carbocycles. The Bertz CT molecular complexity index is 983. The summed E-state index contributed by atoms with van der Waals surface area (Å²) < 4.78 is 9.42. The zero-order chi connectivity index (χ0) is 17.1. The first-order chi connectivity index (χ1) is 12.4. The van der Waals surface area contributed by atoms with Gasteiger partial charge in [0.1, 0.15) is 5.82 Å². The van der Waals surface area contributed by atoms with Gasteiger partial charge in [0.2, 0.25) is 0 Å². The summed E-state index contributed by atoms with van der Waals surface area (Å²) in [5.74, 6) is 0.929. The SMILES string of the molecule is COCCn1cncc1Cn1ccnc1-c1cccc2ncccc12. The van der Waals surface area contributed by atoms with E-state index in [1.54, 1.807) is 7.11 Å². The van der Waals surface area contributed by atoms with Gasteiger partial charge in [-0.2, -0.15) is 0 Å². The molecular weight excluding hydrogens is 314 g/mol. The van der Waals surface area contributed by atoms with Crippen LogP contribution in [0.15, 0.2) is 61.4 Å². The van der Waals surface area contributed by atoms with E-state index < -0.39 is 0 Å². The number of ether oxygens (including phenoxy) is 1. The van der Waals surface area contributed by atoms with Gasteiger partial charge >= 0.3 is 0 Å². The molecule has 6 nitrogen and oxygen atoms in total. The Morgan fingerprint density at radius 3 is 2.92 bits per heavy atom. The number of hydrogen-bond donors (Lipinski definition) is 0. The molecule has 6 heteroatoms. The van der Waals surface area contributed by atoms with E-state index in [1.165, 1.54) is 0 Å². The number of rotatable bonds is 6. The first-order valence-electron chi connectivity index (χ1n) is 8.20. The quantitative estimate of drug-likeness (QED) is 0.544. The molecule has 126 valence electrons. The van der Waals surface area contributed by atoms with E-state index in [-0.39, 0.29) is 0 Å². The second kappa shape index (κ2) is 6.86. The number of aromatic nitrogens is 5. The smallest absolute Gasteiger partial charge is 0.140 e. The number of nitrogens with zero attached hydrogens (tertiary/aromatic N) is 5. The molecule has 25 heavy (non-hydrogen) atoms. The van der Waals surface area contributed by atoms with Crippen molar-refractivity contribution in [3.05, 3.63) is 67.1 Å². The maximum atomic E-state index is 5.17. The first kappa shape index (κ1) is 15.5. The Morgan fingerprint density at radius 1 is 1.04 bits per heavy atom. The van der Waals surface area contributed by atoms with E-state index in [1.807, 2.05) is 49.3 Å². The Hall–Kier alpha value is -2.99. The number of hydrogen-bond acceptors (Lipinski definition) is 4. The molecule has 1 aromatic carbocycles. The third-order valence-corrected chi connectivity index (χ3v) is 4.27. The van der Waals surface area contributed by atoms with E-state index in [2.05, 4.69) is 36.2 Å². The number of imidazole rings is 2. The fourth-order valence-electron chi connectivity index (χ4n) is 3.02. The summed E-state index contributed by atoms with van der Waals surface area (Å²) in [6.07, 6.45) is 9.38. The van der Waals surface area contributed by atoms with Crippen LogP contribution in [0.25, 0.3) is 22.3 Å². The zero-order valence-electron chi connectivity index (χ0n) is 14.0. The predicted octanol–water partition coefficient (Wildman–Crippen LogP) is 2.99. The van der Waals surface area contributed by atoms with Gasteiger partial charge in [-0.25, -0.2) is 9.97 Å². The molecule has 0 spiro atoms. The van der Waals surface area contributed by atoms with Gasteiger partial charge in [-0.05, 0) is 12.1 Å². The third kappa shape index (κ3) is 3.04. The second-order valence-electron chi connectivity index (χ2n) is 5.83. The number of fused-ring (bicyclic) bond motifs is 1. The van der Waals surface area contributed by atoms with Crippen molar-refractivity contribution in [3.63, 3.8) is 0 Å². The molecule has 0 N–H and O–H groups in total. The minimum absolute atomic E-state index is 0.662. The molecular formula is C19H19N5O. The standard InChI is InChI=1S/C19H19N5O/c1-25-11-10-24-14-20-12-15(24)13-23-9-8-22-19(23)17-4-2-6-18-16(17)5-3-7-21-18/h2-9,12,14H,10-11,13H2,1H3. The lowest BCUT2D eigenvalue weighted by Crippen LogP contribution is -2.10. The molecule has 0 aliphatic rings. The van der Waals surface area contributed by atoms with Gasteiger partial charge < -0.3 is 13.9 Å². The highest BCUT2D eigenvalue weighted by molar-refractivity contribution is 5.92. The lowest BCUT2D eigenvalue weighted by Gasteiger charge is -2.12. The summed E-state index contributed by atoms with van der Waals surface area (Å²) in [5.41, 5.74) is 3.17. The molecule has 0 atom stereocenters. The van der Waals surface area contributed by atoms with E-state index >= 15 is 0 Å². The van der Waals surface area contributed by atoms with Crippen molar-refractivity contribution in [2.24, 2.45) is 0 Å². The maximum absolute atomic E-state index is 5.17. The summed E-state index contributed by atoms with van der Waals surface area (Å²) >= 11 is 0. The number of pyridine rings is 1. The molecule has 0 bridgehead atoms. The highest BCUT2D eigenvalue weighted by atomic mass is 16.5. The van der Waals surface area contributed by atoms with Crippen molar-refractivity contribution in [3.8, 4) is 11.4 Å². The topological polar surface area (TPSA) is 57.8 Å². The Balaban J connectivity index is 1.71. The van der Waals surface area contributed by atoms with E-state index in [4.69, 9.17) is 4.74 Å². The maximum Gasteiger partial charge on any atom is 0.140 e. The Morgan fingerprint density at radius 2 is 2.00 bits per heavy atom. The minimum Gasteiger partial charge on any atom is -0.383 e. The molecule has 0 aliphatic heterocycles. The summed E-state index contributed by atoms with van der Waals surface area (Å²) in [6, 6.07) is 10.2.